The van der Waals surface area contributed by atoms with Gasteiger partial charge in [0, 0.05) is 19.8 Å². The number of primary sulfonamides is 1. The van der Waals surface area contributed by atoms with Gasteiger partial charge in [-0.05, 0) is 25.7 Å². The van der Waals surface area contributed by atoms with Gasteiger partial charge in [-0.1, -0.05) is 12.8 Å². The van der Waals surface area contributed by atoms with Crippen LogP contribution in [0.15, 0.2) is 0 Å². The molecule has 0 aromatic heterocycles. The zero-order valence-electron chi connectivity index (χ0n) is 10.3. The van der Waals surface area contributed by atoms with Gasteiger partial charge in [0.1, 0.15) is 0 Å². The Morgan fingerprint density at radius 3 is 2.41 bits per heavy atom. The maximum atomic E-state index is 10.7. The fraction of sp³-hybridized carbons (Fsp3) is 1.00. The third-order valence-electron chi connectivity index (χ3n) is 2.85. The van der Waals surface area contributed by atoms with Crippen LogP contribution in [0.4, 0.5) is 0 Å². The lowest BCUT2D eigenvalue weighted by Crippen LogP contribution is -2.23. The largest absolute Gasteiger partial charge is 0.381 e. The minimum absolute atomic E-state index is 0.0911. The van der Waals surface area contributed by atoms with Gasteiger partial charge in [-0.15, -0.1) is 0 Å². The fourth-order valence-electron chi connectivity index (χ4n) is 1.85. The zero-order valence-corrected chi connectivity index (χ0v) is 11.1. The Balaban J connectivity index is 1.87. The van der Waals surface area contributed by atoms with E-state index in [0.717, 1.165) is 51.9 Å². The number of unbranched alkanes of at least 4 members (excludes halogenated alkanes) is 3. The second kappa shape index (κ2) is 8.02. The molecule has 1 heterocycles. The summed E-state index contributed by atoms with van der Waals surface area (Å²) >= 11 is 0. The average molecular weight is 265 g/mol. The van der Waals surface area contributed by atoms with E-state index >= 15 is 0 Å². The van der Waals surface area contributed by atoms with E-state index in [-0.39, 0.29) is 5.75 Å². The highest BCUT2D eigenvalue weighted by molar-refractivity contribution is 7.89. The molecule has 0 unspecified atom stereocenters. The number of sulfonamides is 1. The van der Waals surface area contributed by atoms with Crippen molar-refractivity contribution in [2.24, 2.45) is 5.14 Å². The molecule has 0 spiro atoms. The maximum absolute atomic E-state index is 10.7. The van der Waals surface area contributed by atoms with E-state index in [1.807, 2.05) is 0 Å². The van der Waals surface area contributed by atoms with Crippen LogP contribution in [-0.2, 0) is 19.5 Å². The lowest BCUT2D eigenvalue weighted by atomic mass is 10.1. The Morgan fingerprint density at radius 1 is 1.12 bits per heavy atom. The van der Waals surface area contributed by atoms with Crippen molar-refractivity contribution in [1.82, 2.24) is 0 Å². The summed E-state index contributed by atoms with van der Waals surface area (Å²) in [5, 5.41) is 4.91. The van der Waals surface area contributed by atoms with Crippen LogP contribution in [0, 0.1) is 0 Å². The molecule has 0 atom stereocenters. The summed E-state index contributed by atoms with van der Waals surface area (Å²) in [5.41, 5.74) is 0. The first-order valence-corrected chi connectivity index (χ1v) is 7.99. The van der Waals surface area contributed by atoms with Crippen molar-refractivity contribution >= 4 is 10.0 Å². The SMILES string of the molecule is NS(=O)(=O)CCCCCCOC1CCOCC1. The first kappa shape index (κ1) is 14.9. The molecule has 0 saturated carbocycles. The second-order valence-electron chi connectivity index (χ2n) is 4.46. The van der Waals surface area contributed by atoms with E-state index in [0.29, 0.717) is 12.5 Å². The standard InChI is InChI=1S/C11H23NO4S/c12-17(13,14)10-4-2-1-3-7-16-11-5-8-15-9-6-11/h11H,1-10H2,(H2,12,13,14). The van der Waals surface area contributed by atoms with Crippen LogP contribution < -0.4 is 5.14 Å². The van der Waals surface area contributed by atoms with Gasteiger partial charge in [0.2, 0.25) is 10.0 Å². The molecule has 0 bridgehead atoms. The molecule has 0 aromatic carbocycles. The smallest absolute Gasteiger partial charge is 0.209 e. The Morgan fingerprint density at radius 2 is 1.76 bits per heavy atom. The van der Waals surface area contributed by atoms with Crippen LogP contribution in [0.1, 0.15) is 38.5 Å². The van der Waals surface area contributed by atoms with Crippen LogP contribution >= 0.6 is 0 Å². The summed E-state index contributed by atoms with van der Waals surface area (Å²) in [4.78, 5) is 0. The van der Waals surface area contributed by atoms with Gasteiger partial charge in [0.15, 0.2) is 0 Å². The molecule has 1 rings (SSSR count). The van der Waals surface area contributed by atoms with Crippen molar-refractivity contribution in [3.8, 4) is 0 Å². The molecule has 0 aliphatic carbocycles. The summed E-state index contributed by atoms with van der Waals surface area (Å²) in [6.45, 7) is 2.37. The molecule has 0 radical (unpaired) electrons. The molecule has 5 nitrogen and oxygen atoms in total. The minimum Gasteiger partial charge on any atom is -0.381 e. The normalized spacial score (nSPS) is 18.4. The molecule has 17 heavy (non-hydrogen) atoms. The summed E-state index contributed by atoms with van der Waals surface area (Å²) in [6.07, 6.45) is 5.87. The van der Waals surface area contributed by atoms with E-state index in [1.165, 1.54) is 0 Å². The van der Waals surface area contributed by atoms with Gasteiger partial charge in [-0.25, -0.2) is 13.6 Å². The predicted octanol–water partition coefficient (Wildman–Crippen LogP) is 1.03. The van der Waals surface area contributed by atoms with E-state index in [4.69, 9.17) is 14.6 Å². The molecular formula is C11H23NO4S. The van der Waals surface area contributed by atoms with Gasteiger partial charge in [0.05, 0.1) is 11.9 Å². The third-order valence-corrected chi connectivity index (χ3v) is 3.70. The van der Waals surface area contributed by atoms with E-state index < -0.39 is 10.0 Å². The highest BCUT2D eigenvalue weighted by atomic mass is 32.2. The first-order chi connectivity index (χ1) is 8.08. The van der Waals surface area contributed by atoms with Crippen molar-refractivity contribution in [3.63, 3.8) is 0 Å². The molecule has 2 N–H and O–H groups in total. The summed E-state index contributed by atoms with van der Waals surface area (Å²) in [6, 6.07) is 0. The van der Waals surface area contributed by atoms with E-state index in [2.05, 4.69) is 0 Å². The molecule has 1 fully saturated rings. The van der Waals surface area contributed by atoms with Gasteiger partial charge in [-0.3, -0.25) is 0 Å². The number of ether oxygens (including phenoxy) is 2. The molecule has 1 aliphatic rings. The number of nitrogens with two attached hydrogens (primary N) is 1. The monoisotopic (exact) mass is 265 g/mol. The predicted molar refractivity (Wildman–Crippen MR) is 66.2 cm³/mol. The molecule has 1 aliphatic heterocycles. The Hall–Kier alpha value is -0.170. The molecule has 102 valence electrons. The molecule has 1 saturated heterocycles. The van der Waals surface area contributed by atoms with E-state index in [9.17, 15) is 8.42 Å². The Labute approximate surface area is 104 Å². The molecular weight excluding hydrogens is 242 g/mol. The summed E-state index contributed by atoms with van der Waals surface area (Å²) < 4.78 is 32.3. The lowest BCUT2D eigenvalue weighted by molar-refractivity contribution is -0.0327. The Bertz CT molecular complexity index is 286. The number of hydrogen-bond acceptors (Lipinski definition) is 4. The topological polar surface area (TPSA) is 78.6 Å². The number of hydrogen-bond donors (Lipinski definition) is 1. The first-order valence-electron chi connectivity index (χ1n) is 6.28. The fourth-order valence-corrected chi connectivity index (χ4v) is 2.46. The quantitative estimate of drug-likeness (QED) is 0.665. The highest BCUT2D eigenvalue weighted by Gasteiger charge is 2.13. The zero-order chi connectivity index (χ0) is 12.6. The van der Waals surface area contributed by atoms with Crippen LogP contribution in [0.2, 0.25) is 0 Å². The average Bonchev–Trinajstić information content (AvgIpc) is 2.28. The molecule has 0 aromatic rings. The second-order valence-corrected chi connectivity index (χ2v) is 6.20. The van der Waals surface area contributed by atoms with Crippen LogP contribution in [-0.4, -0.2) is 40.1 Å². The lowest BCUT2D eigenvalue weighted by Gasteiger charge is -2.22. The van der Waals surface area contributed by atoms with Crippen molar-refractivity contribution < 1.29 is 17.9 Å². The van der Waals surface area contributed by atoms with Crippen molar-refractivity contribution in [1.29, 1.82) is 0 Å². The maximum Gasteiger partial charge on any atom is 0.209 e. The van der Waals surface area contributed by atoms with Gasteiger partial charge in [-0.2, -0.15) is 0 Å². The van der Waals surface area contributed by atoms with Crippen molar-refractivity contribution in [2.45, 2.75) is 44.6 Å². The van der Waals surface area contributed by atoms with Crippen LogP contribution in [0.3, 0.4) is 0 Å². The number of rotatable bonds is 8. The van der Waals surface area contributed by atoms with Crippen molar-refractivity contribution in [2.75, 3.05) is 25.6 Å². The van der Waals surface area contributed by atoms with Crippen LogP contribution in [0.25, 0.3) is 0 Å². The minimum atomic E-state index is -3.28. The van der Waals surface area contributed by atoms with Gasteiger partial charge < -0.3 is 9.47 Å². The third kappa shape index (κ3) is 8.54. The highest BCUT2D eigenvalue weighted by Crippen LogP contribution is 2.11. The van der Waals surface area contributed by atoms with Crippen LogP contribution in [0.5, 0.6) is 0 Å². The summed E-state index contributed by atoms with van der Waals surface area (Å²) in [5.74, 6) is 0.0911. The van der Waals surface area contributed by atoms with E-state index in [1.54, 1.807) is 0 Å². The molecule has 6 heteroatoms. The van der Waals surface area contributed by atoms with Gasteiger partial charge in [0.25, 0.3) is 0 Å². The summed E-state index contributed by atoms with van der Waals surface area (Å²) in [7, 11) is -3.28. The van der Waals surface area contributed by atoms with Crippen molar-refractivity contribution in [3.05, 3.63) is 0 Å². The van der Waals surface area contributed by atoms with Gasteiger partial charge >= 0.3 is 0 Å². The Kier molecular flexibility index (Phi) is 7.03. The molecule has 0 amide bonds.